The van der Waals surface area contributed by atoms with Gasteiger partial charge in [0.05, 0.1) is 45.3 Å². The first-order valence-corrected chi connectivity index (χ1v) is 19.8. The van der Waals surface area contributed by atoms with Crippen molar-refractivity contribution < 1.29 is 0 Å². The zero-order chi connectivity index (χ0) is 33.6. The van der Waals surface area contributed by atoms with Gasteiger partial charge in [0, 0.05) is 19.6 Å². The predicted octanol–water partition coefficient (Wildman–Crippen LogP) is 13.4. The van der Waals surface area contributed by atoms with Crippen molar-refractivity contribution in [3.8, 4) is 12.1 Å². The van der Waals surface area contributed by atoms with Crippen molar-refractivity contribution in [3.05, 3.63) is 119 Å². The summed E-state index contributed by atoms with van der Waals surface area (Å²) in [5.74, 6) is 0.446. The van der Waals surface area contributed by atoms with Gasteiger partial charge in [-0.1, -0.05) is 111 Å². The zero-order valence-corrected chi connectivity index (χ0v) is 29.7. The van der Waals surface area contributed by atoms with Gasteiger partial charge in [-0.2, -0.15) is 10.5 Å². The lowest BCUT2D eigenvalue weighted by Crippen LogP contribution is -2.26. The highest BCUT2D eigenvalue weighted by atomic mass is 32.2. The van der Waals surface area contributed by atoms with E-state index in [4.69, 9.17) is 0 Å². The molecule has 9 rings (SSSR count). The summed E-state index contributed by atoms with van der Waals surface area (Å²) in [7, 11) is 0. The molecular formula is C44H38N4S2. The number of hydrogen-bond acceptors (Lipinski definition) is 6. The molecule has 2 saturated carbocycles. The van der Waals surface area contributed by atoms with Crippen LogP contribution < -0.4 is 9.80 Å². The van der Waals surface area contributed by atoms with E-state index in [1.807, 2.05) is 11.8 Å². The van der Waals surface area contributed by atoms with Gasteiger partial charge >= 0.3 is 0 Å². The van der Waals surface area contributed by atoms with Crippen molar-refractivity contribution in [1.82, 2.24) is 0 Å². The van der Waals surface area contributed by atoms with Crippen LogP contribution in [0.25, 0.3) is 0 Å². The molecule has 5 aromatic carbocycles. The topological polar surface area (TPSA) is 54.1 Å². The lowest BCUT2D eigenvalue weighted by Gasteiger charge is -2.42. The molecule has 0 amide bonds. The third-order valence-corrected chi connectivity index (χ3v) is 13.3. The molecule has 2 fully saturated rings. The molecule has 2 aliphatic heterocycles. The minimum Gasteiger partial charge on any atom is -0.308 e. The van der Waals surface area contributed by atoms with E-state index in [-0.39, 0.29) is 11.8 Å². The average molecular weight is 687 g/mol. The first-order chi connectivity index (χ1) is 24.8. The van der Waals surface area contributed by atoms with Crippen LogP contribution in [-0.2, 0) is 0 Å². The monoisotopic (exact) mass is 686 g/mol. The summed E-state index contributed by atoms with van der Waals surface area (Å²) in [6.45, 7) is 0. The molecule has 2 heterocycles. The third kappa shape index (κ3) is 5.12. The highest BCUT2D eigenvalue weighted by Gasteiger charge is 2.40. The van der Waals surface area contributed by atoms with Crippen LogP contribution in [0.3, 0.4) is 0 Å². The molecular weight excluding hydrogens is 649 g/mol. The predicted molar refractivity (Wildman–Crippen MR) is 205 cm³/mol. The van der Waals surface area contributed by atoms with Gasteiger partial charge in [-0.25, -0.2) is 0 Å². The molecule has 246 valence electrons. The fourth-order valence-corrected chi connectivity index (χ4v) is 11.0. The first-order valence-electron chi connectivity index (χ1n) is 18.1. The standard InChI is InChI=1S/C44H38N4S2/c45-27-31-41(29-15-3-1-4-16-29)44(48-35-21-9-13-25-39(35)50-40-26-14-10-22-36(40)48)42(30-17-5-2-6-18-30)32(28-46)43(31)47-33-19-7-11-23-37(33)49-38-24-12-8-20-34(38)47/h7-14,19-26,29-30H,1-6,15-18H2. The van der Waals surface area contributed by atoms with Crippen molar-refractivity contribution in [3.63, 3.8) is 0 Å². The second kappa shape index (κ2) is 13.3. The van der Waals surface area contributed by atoms with Gasteiger partial charge in [-0.3, -0.25) is 0 Å². The van der Waals surface area contributed by atoms with E-state index in [1.165, 1.54) is 22.6 Å². The number of rotatable bonds is 4. The highest BCUT2D eigenvalue weighted by Crippen LogP contribution is 2.61. The first kappa shape index (κ1) is 31.4. The van der Waals surface area contributed by atoms with E-state index >= 15 is 0 Å². The quantitative estimate of drug-likeness (QED) is 0.184. The van der Waals surface area contributed by atoms with E-state index in [2.05, 4.69) is 119 Å². The van der Waals surface area contributed by atoms with Crippen LogP contribution in [-0.4, -0.2) is 0 Å². The van der Waals surface area contributed by atoms with Crippen LogP contribution >= 0.6 is 23.5 Å². The van der Waals surface area contributed by atoms with Crippen molar-refractivity contribution in [2.45, 2.75) is 95.6 Å². The van der Waals surface area contributed by atoms with Crippen LogP contribution in [0.2, 0.25) is 0 Å². The Balaban J connectivity index is 1.45. The number of anilines is 6. The maximum Gasteiger partial charge on any atom is 0.102 e. The van der Waals surface area contributed by atoms with Gasteiger partial charge in [-0.05, 0) is 97.2 Å². The van der Waals surface area contributed by atoms with E-state index in [0.717, 1.165) is 106 Å². The highest BCUT2D eigenvalue weighted by molar-refractivity contribution is 8.00. The molecule has 0 aromatic heterocycles. The van der Waals surface area contributed by atoms with E-state index < -0.39 is 0 Å². The van der Waals surface area contributed by atoms with Crippen molar-refractivity contribution in [2.24, 2.45) is 0 Å². The molecule has 0 spiro atoms. The Kier molecular flexibility index (Phi) is 8.31. The van der Waals surface area contributed by atoms with Crippen molar-refractivity contribution in [1.29, 1.82) is 10.5 Å². The largest absolute Gasteiger partial charge is 0.308 e. The third-order valence-electron chi connectivity index (χ3n) is 11.1. The van der Waals surface area contributed by atoms with Crippen LogP contribution in [0.4, 0.5) is 34.1 Å². The van der Waals surface area contributed by atoms with Crippen LogP contribution in [0.5, 0.6) is 0 Å². The Hall–Kier alpha value is -4.62. The normalized spacial score (nSPS) is 17.2. The van der Waals surface area contributed by atoms with Crippen LogP contribution in [0.15, 0.2) is 117 Å². The van der Waals surface area contributed by atoms with Crippen molar-refractivity contribution >= 4 is 57.6 Å². The molecule has 0 N–H and O–H groups in total. The Morgan fingerprint density at radius 3 is 1.10 bits per heavy atom. The van der Waals surface area contributed by atoms with E-state index in [0.29, 0.717) is 11.1 Å². The average Bonchev–Trinajstić information content (AvgIpc) is 3.18. The molecule has 2 aliphatic carbocycles. The van der Waals surface area contributed by atoms with Crippen LogP contribution in [0.1, 0.15) is 98.3 Å². The number of nitrogens with zero attached hydrogens (tertiary/aromatic N) is 4. The number of hydrogen-bond donors (Lipinski definition) is 0. The molecule has 4 aliphatic rings. The smallest absolute Gasteiger partial charge is 0.102 e. The Labute approximate surface area is 303 Å². The maximum absolute atomic E-state index is 11.6. The van der Waals surface area contributed by atoms with Crippen molar-refractivity contribution in [2.75, 3.05) is 9.80 Å². The summed E-state index contributed by atoms with van der Waals surface area (Å²) >= 11 is 3.58. The fraction of sp³-hybridized carbons (Fsp3) is 0.273. The minimum absolute atomic E-state index is 0.223. The Bertz CT molecular complexity index is 2050. The van der Waals surface area contributed by atoms with E-state index in [1.54, 1.807) is 11.8 Å². The molecule has 5 aromatic rings. The minimum atomic E-state index is 0.223. The SMILES string of the molecule is N#Cc1c(C2CCCCC2)c(N2c3ccccc3Sc3ccccc32)c(C2CCCCC2)c(C#N)c1N1c2ccccc2Sc2ccccc21. The summed E-state index contributed by atoms with van der Waals surface area (Å²) in [4.78, 5) is 9.41. The van der Waals surface area contributed by atoms with Gasteiger partial charge in [0.1, 0.15) is 12.1 Å². The van der Waals surface area contributed by atoms with Crippen LogP contribution in [0, 0.1) is 22.7 Å². The number of nitriles is 2. The molecule has 0 radical (unpaired) electrons. The molecule has 0 unspecified atom stereocenters. The summed E-state index contributed by atoms with van der Waals surface area (Å²) < 4.78 is 0. The summed E-state index contributed by atoms with van der Waals surface area (Å²) in [5, 5.41) is 23.2. The van der Waals surface area contributed by atoms with Gasteiger partial charge in [-0.15, -0.1) is 0 Å². The summed E-state index contributed by atoms with van der Waals surface area (Å²) in [6, 6.07) is 40.0. The van der Waals surface area contributed by atoms with E-state index in [9.17, 15) is 10.5 Å². The maximum atomic E-state index is 11.6. The number of benzene rings is 5. The van der Waals surface area contributed by atoms with Gasteiger partial charge in [0.15, 0.2) is 0 Å². The number of fused-ring (bicyclic) bond motifs is 4. The summed E-state index contributed by atoms with van der Waals surface area (Å²) in [5.41, 5.74) is 9.82. The molecule has 4 nitrogen and oxygen atoms in total. The Morgan fingerprint density at radius 1 is 0.440 bits per heavy atom. The molecule has 0 saturated heterocycles. The van der Waals surface area contributed by atoms with Gasteiger partial charge in [0.2, 0.25) is 0 Å². The molecule has 6 heteroatoms. The molecule has 0 bridgehead atoms. The van der Waals surface area contributed by atoms with Gasteiger partial charge in [0.25, 0.3) is 0 Å². The lowest BCUT2D eigenvalue weighted by atomic mass is 9.74. The fourth-order valence-electron chi connectivity index (χ4n) is 8.92. The second-order valence-electron chi connectivity index (χ2n) is 13.9. The second-order valence-corrected chi connectivity index (χ2v) is 16.1. The number of para-hydroxylation sites is 4. The molecule has 0 atom stereocenters. The lowest BCUT2D eigenvalue weighted by molar-refractivity contribution is 0.435. The zero-order valence-electron chi connectivity index (χ0n) is 28.1. The molecule has 50 heavy (non-hydrogen) atoms. The van der Waals surface area contributed by atoms with Gasteiger partial charge < -0.3 is 9.80 Å². The summed E-state index contributed by atoms with van der Waals surface area (Å²) in [6.07, 6.45) is 11.2. The Morgan fingerprint density at radius 2 is 0.760 bits per heavy atom.